The molecule has 4 nitrogen and oxygen atoms in total. The summed E-state index contributed by atoms with van der Waals surface area (Å²) in [6.07, 6.45) is 2.55. The Morgan fingerprint density at radius 2 is 1.85 bits per heavy atom. The van der Waals surface area contributed by atoms with Crippen LogP contribution in [0.25, 0.3) is 0 Å². The molecular formula is C16H32N2O2. The van der Waals surface area contributed by atoms with Crippen molar-refractivity contribution < 1.29 is 9.90 Å². The lowest BCUT2D eigenvalue weighted by molar-refractivity contribution is -0.137. The molecule has 0 aromatic carbocycles. The van der Waals surface area contributed by atoms with Crippen LogP contribution in [0.15, 0.2) is 0 Å². The Kier molecular flexibility index (Phi) is 6.46. The number of nitrogens with zero attached hydrogens (tertiary/aromatic N) is 2. The Hall–Kier alpha value is -0.610. The number of rotatable bonds is 6. The molecule has 1 rings (SSSR count). The Bertz CT molecular complexity index is 302. The monoisotopic (exact) mass is 284 g/mol. The molecule has 0 radical (unpaired) electrons. The Morgan fingerprint density at radius 1 is 1.30 bits per heavy atom. The highest BCUT2D eigenvalue weighted by atomic mass is 16.4. The van der Waals surface area contributed by atoms with Crippen LogP contribution in [0.2, 0.25) is 0 Å². The second kappa shape index (κ2) is 7.41. The minimum Gasteiger partial charge on any atom is -0.481 e. The lowest BCUT2D eigenvalue weighted by atomic mass is 9.95. The molecule has 4 heteroatoms. The van der Waals surface area contributed by atoms with E-state index in [0.29, 0.717) is 12.6 Å². The van der Waals surface area contributed by atoms with Gasteiger partial charge in [-0.1, -0.05) is 13.8 Å². The van der Waals surface area contributed by atoms with E-state index in [2.05, 4.69) is 44.4 Å². The molecule has 118 valence electrons. The van der Waals surface area contributed by atoms with Gasteiger partial charge in [0.25, 0.3) is 0 Å². The van der Waals surface area contributed by atoms with Crippen molar-refractivity contribution in [3.8, 4) is 0 Å². The normalized spacial score (nSPS) is 18.9. The van der Waals surface area contributed by atoms with E-state index >= 15 is 0 Å². The predicted octanol–water partition coefficient (Wildman–Crippen LogP) is 2.68. The zero-order valence-electron chi connectivity index (χ0n) is 13.9. The fourth-order valence-electron chi connectivity index (χ4n) is 3.21. The summed E-state index contributed by atoms with van der Waals surface area (Å²) in [5.41, 5.74) is 0.0420. The highest BCUT2D eigenvalue weighted by Gasteiger charge is 2.31. The summed E-state index contributed by atoms with van der Waals surface area (Å²) in [5.74, 6) is 0.0220. The Balaban J connectivity index is 2.54. The molecule has 0 unspecified atom stereocenters. The van der Waals surface area contributed by atoms with Crippen LogP contribution in [0, 0.1) is 5.92 Å². The molecule has 0 spiro atoms. The molecule has 1 aliphatic rings. The third-order valence-electron chi connectivity index (χ3n) is 4.05. The van der Waals surface area contributed by atoms with Crippen molar-refractivity contribution in [1.82, 2.24) is 9.80 Å². The van der Waals surface area contributed by atoms with Gasteiger partial charge in [0.2, 0.25) is 0 Å². The van der Waals surface area contributed by atoms with E-state index in [1.807, 2.05) is 0 Å². The van der Waals surface area contributed by atoms with E-state index in [0.717, 1.165) is 31.8 Å². The van der Waals surface area contributed by atoms with Crippen molar-refractivity contribution in [2.75, 3.05) is 26.2 Å². The fraction of sp³-hybridized carbons (Fsp3) is 0.938. The van der Waals surface area contributed by atoms with Crippen LogP contribution in [-0.4, -0.2) is 58.6 Å². The minimum atomic E-state index is -0.698. The van der Waals surface area contributed by atoms with E-state index in [1.165, 1.54) is 6.54 Å². The summed E-state index contributed by atoms with van der Waals surface area (Å²) >= 11 is 0. The van der Waals surface area contributed by atoms with Gasteiger partial charge in [0, 0.05) is 24.7 Å². The average molecular weight is 284 g/mol. The van der Waals surface area contributed by atoms with Crippen LogP contribution >= 0.6 is 0 Å². The molecule has 0 bridgehead atoms. The Morgan fingerprint density at radius 3 is 2.25 bits per heavy atom. The van der Waals surface area contributed by atoms with Crippen LogP contribution in [0.5, 0.6) is 0 Å². The topological polar surface area (TPSA) is 43.8 Å². The highest BCUT2D eigenvalue weighted by molar-refractivity contribution is 5.66. The van der Waals surface area contributed by atoms with E-state index in [4.69, 9.17) is 5.11 Å². The molecule has 0 aromatic heterocycles. The van der Waals surface area contributed by atoms with Gasteiger partial charge in [-0.05, 0) is 52.6 Å². The van der Waals surface area contributed by atoms with Gasteiger partial charge in [-0.2, -0.15) is 0 Å². The maximum atomic E-state index is 10.9. The maximum Gasteiger partial charge on any atom is 0.304 e. The molecular weight excluding hydrogens is 252 g/mol. The van der Waals surface area contributed by atoms with Crippen molar-refractivity contribution in [2.24, 2.45) is 5.92 Å². The first-order valence-corrected chi connectivity index (χ1v) is 7.91. The van der Waals surface area contributed by atoms with E-state index in [-0.39, 0.29) is 12.0 Å². The summed E-state index contributed by atoms with van der Waals surface area (Å²) in [6.45, 7) is 15.2. The second-order valence-corrected chi connectivity index (χ2v) is 7.43. The van der Waals surface area contributed by atoms with Gasteiger partial charge in [0.1, 0.15) is 0 Å². The number of carboxylic acid groups (broad SMARTS) is 1. The lowest BCUT2D eigenvalue weighted by Crippen LogP contribution is -2.53. The molecule has 0 amide bonds. The molecule has 1 heterocycles. The number of hydrogen-bond donors (Lipinski definition) is 1. The number of aliphatic carboxylic acids is 1. The molecule has 1 saturated heterocycles. The molecule has 1 N–H and O–H groups in total. The molecule has 0 aromatic rings. The minimum absolute atomic E-state index is 0.0420. The van der Waals surface area contributed by atoms with Crippen molar-refractivity contribution >= 4 is 5.97 Å². The van der Waals surface area contributed by atoms with Gasteiger partial charge in [-0.15, -0.1) is 0 Å². The van der Waals surface area contributed by atoms with Gasteiger partial charge in [-0.3, -0.25) is 9.69 Å². The van der Waals surface area contributed by atoms with Crippen molar-refractivity contribution in [3.63, 3.8) is 0 Å². The zero-order valence-corrected chi connectivity index (χ0v) is 13.9. The summed E-state index contributed by atoms with van der Waals surface area (Å²) in [4.78, 5) is 15.8. The van der Waals surface area contributed by atoms with Crippen LogP contribution in [0.3, 0.4) is 0 Å². The smallest absolute Gasteiger partial charge is 0.304 e. The number of hydrogen-bond acceptors (Lipinski definition) is 3. The SMILES string of the molecule is CC(C)CN1CCC(N(CCC(=O)O)C(C)(C)C)CC1. The first kappa shape index (κ1) is 17.4. The number of piperidine rings is 1. The standard InChI is InChI=1S/C16H32N2O2/c1-13(2)12-17-9-6-14(7-10-17)18(16(3,4)5)11-8-15(19)20/h13-14H,6-12H2,1-5H3,(H,19,20). The van der Waals surface area contributed by atoms with Crippen LogP contribution < -0.4 is 0 Å². The third kappa shape index (κ3) is 5.80. The van der Waals surface area contributed by atoms with Gasteiger partial charge >= 0.3 is 5.97 Å². The summed E-state index contributed by atoms with van der Waals surface area (Å²) < 4.78 is 0. The summed E-state index contributed by atoms with van der Waals surface area (Å²) in [7, 11) is 0. The van der Waals surface area contributed by atoms with Gasteiger partial charge in [0.15, 0.2) is 0 Å². The van der Waals surface area contributed by atoms with E-state index in [1.54, 1.807) is 0 Å². The number of carboxylic acids is 1. The first-order valence-electron chi connectivity index (χ1n) is 7.91. The number of likely N-dealkylation sites (tertiary alicyclic amines) is 1. The second-order valence-electron chi connectivity index (χ2n) is 7.43. The quantitative estimate of drug-likeness (QED) is 0.814. The highest BCUT2D eigenvalue weighted by Crippen LogP contribution is 2.25. The average Bonchev–Trinajstić information content (AvgIpc) is 2.28. The van der Waals surface area contributed by atoms with Crippen LogP contribution in [0.1, 0.15) is 53.9 Å². The van der Waals surface area contributed by atoms with Gasteiger partial charge in [-0.25, -0.2) is 0 Å². The molecule has 1 aliphatic heterocycles. The molecule has 20 heavy (non-hydrogen) atoms. The molecule has 0 saturated carbocycles. The Labute approximate surface area is 124 Å². The summed E-state index contributed by atoms with van der Waals surface area (Å²) in [5, 5.41) is 8.93. The summed E-state index contributed by atoms with van der Waals surface area (Å²) in [6, 6.07) is 0.526. The van der Waals surface area contributed by atoms with Crippen molar-refractivity contribution in [3.05, 3.63) is 0 Å². The van der Waals surface area contributed by atoms with Crippen molar-refractivity contribution in [2.45, 2.75) is 65.5 Å². The zero-order chi connectivity index (χ0) is 15.3. The fourth-order valence-corrected chi connectivity index (χ4v) is 3.21. The molecule has 0 aliphatic carbocycles. The molecule has 1 fully saturated rings. The maximum absolute atomic E-state index is 10.9. The van der Waals surface area contributed by atoms with Gasteiger partial charge < -0.3 is 10.0 Å². The first-order chi connectivity index (χ1) is 9.20. The van der Waals surface area contributed by atoms with Crippen molar-refractivity contribution in [1.29, 1.82) is 0 Å². The van der Waals surface area contributed by atoms with E-state index in [9.17, 15) is 4.79 Å². The van der Waals surface area contributed by atoms with Gasteiger partial charge in [0.05, 0.1) is 6.42 Å². The number of carbonyl (C=O) groups is 1. The lowest BCUT2D eigenvalue weighted by Gasteiger charge is -2.45. The third-order valence-corrected chi connectivity index (χ3v) is 4.05. The predicted molar refractivity (Wildman–Crippen MR) is 83.0 cm³/mol. The van der Waals surface area contributed by atoms with E-state index < -0.39 is 5.97 Å². The molecule has 0 atom stereocenters. The largest absolute Gasteiger partial charge is 0.481 e. The van der Waals surface area contributed by atoms with Crippen LogP contribution in [0.4, 0.5) is 0 Å². The van der Waals surface area contributed by atoms with Crippen LogP contribution in [-0.2, 0) is 4.79 Å².